The molecule has 3 nitrogen and oxygen atoms in total. The third-order valence-corrected chi connectivity index (χ3v) is 4.93. The van der Waals surface area contributed by atoms with Gasteiger partial charge in [0, 0.05) is 55.3 Å². The fraction of sp³-hybridized carbons (Fsp3) is 0.174. The zero-order valence-electron chi connectivity index (χ0n) is 15.3. The number of anilines is 1. The zero-order chi connectivity index (χ0) is 18.1. The van der Waals surface area contributed by atoms with E-state index in [9.17, 15) is 4.79 Å². The third-order valence-electron chi connectivity index (χ3n) is 4.93. The summed E-state index contributed by atoms with van der Waals surface area (Å²) in [6.45, 7) is 2.05. The average molecular weight is 568 g/mol. The Morgan fingerprint density at radius 1 is 0.963 bits per heavy atom. The maximum atomic E-state index is 12.9. The van der Waals surface area contributed by atoms with Crippen molar-refractivity contribution in [3.05, 3.63) is 94.7 Å². The van der Waals surface area contributed by atoms with Gasteiger partial charge >= 0.3 is 0 Å². The number of carbonyl (C=O) groups excluding carboxylic acids is 1. The summed E-state index contributed by atoms with van der Waals surface area (Å²) >= 11 is 0. The number of rotatable bonds is 3. The Bertz CT molecular complexity index is 966. The third kappa shape index (κ3) is 4.51. The summed E-state index contributed by atoms with van der Waals surface area (Å²) < 4.78 is 0. The topological polar surface area (TPSA) is 52.9 Å². The van der Waals surface area contributed by atoms with Crippen LogP contribution in [0, 0.1) is 51.0 Å². The summed E-state index contributed by atoms with van der Waals surface area (Å²) in [6, 6.07) is 21.8. The minimum atomic E-state index is -0.110. The Kier molecular flexibility index (Phi) is 6.53. The Balaban J connectivity index is 0.00000210. The molecule has 0 bridgehead atoms. The number of fused-ring (bicyclic) bond motifs is 1. The zero-order valence-corrected chi connectivity index (χ0v) is 20.1. The van der Waals surface area contributed by atoms with E-state index < -0.39 is 0 Å². The van der Waals surface area contributed by atoms with Crippen LogP contribution in [0.3, 0.4) is 0 Å². The van der Waals surface area contributed by atoms with E-state index in [0.29, 0.717) is 5.56 Å². The Morgan fingerprint density at radius 3 is 2.44 bits per heavy atom. The van der Waals surface area contributed by atoms with Crippen molar-refractivity contribution in [2.45, 2.75) is 25.8 Å². The Morgan fingerprint density at radius 2 is 1.67 bits per heavy atom. The molecule has 1 unspecified atom stereocenters. The van der Waals surface area contributed by atoms with Gasteiger partial charge in [0.25, 0.3) is 5.91 Å². The normalized spacial score (nSPS) is 15.0. The van der Waals surface area contributed by atoms with Gasteiger partial charge < -0.3 is 11.1 Å². The summed E-state index contributed by atoms with van der Waals surface area (Å²) in [4.78, 5) is 12.9. The maximum absolute atomic E-state index is 12.9. The second-order valence-corrected chi connectivity index (χ2v) is 6.95. The molecule has 1 aliphatic carbocycles. The second-order valence-electron chi connectivity index (χ2n) is 6.95. The first kappa shape index (κ1) is 20.3. The van der Waals surface area contributed by atoms with Gasteiger partial charge in [-0.15, -0.1) is 6.04 Å². The van der Waals surface area contributed by atoms with Crippen molar-refractivity contribution < 1.29 is 48.9 Å². The number of amides is 1. The molecule has 0 aromatic heterocycles. The van der Waals surface area contributed by atoms with Crippen LogP contribution in [0.1, 0.15) is 27.0 Å². The number of benzene rings is 3. The predicted molar refractivity (Wildman–Crippen MR) is 107 cm³/mol. The molecule has 0 fully saturated rings. The molecular formula is C23H21AcN2O-. The molecule has 2 N–H and O–H groups in total. The SMILES string of the molecule is Cc1ccc(-c2ccccc2C(=O)Nc2ccc3c(c2)CC([NH-])C3)cc1.[Ac]. The van der Waals surface area contributed by atoms with Crippen molar-refractivity contribution in [3.8, 4) is 11.1 Å². The minimum Gasteiger partial charge on any atom is -0.674 e. The van der Waals surface area contributed by atoms with Crippen LogP contribution in [0.2, 0.25) is 0 Å². The molecule has 4 heteroatoms. The fourth-order valence-corrected chi connectivity index (χ4v) is 3.56. The predicted octanol–water partition coefficient (Wildman–Crippen LogP) is 5.43. The van der Waals surface area contributed by atoms with Crippen LogP contribution in [0.15, 0.2) is 66.7 Å². The summed E-state index contributed by atoms with van der Waals surface area (Å²) in [5.41, 5.74) is 14.9. The van der Waals surface area contributed by atoms with E-state index >= 15 is 0 Å². The van der Waals surface area contributed by atoms with E-state index in [-0.39, 0.29) is 56.0 Å². The summed E-state index contributed by atoms with van der Waals surface area (Å²) in [5, 5.41) is 3.02. The fourth-order valence-electron chi connectivity index (χ4n) is 3.56. The van der Waals surface area contributed by atoms with E-state index in [2.05, 4.69) is 24.4 Å². The summed E-state index contributed by atoms with van der Waals surface area (Å²) in [7, 11) is 0. The molecule has 1 atom stereocenters. The van der Waals surface area contributed by atoms with Crippen LogP contribution in [-0.2, 0) is 12.8 Å². The van der Waals surface area contributed by atoms with Crippen molar-refractivity contribution in [3.63, 3.8) is 0 Å². The first-order chi connectivity index (χ1) is 12.6. The van der Waals surface area contributed by atoms with E-state index in [0.717, 1.165) is 29.7 Å². The van der Waals surface area contributed by atoms with Crippen LogP contribution in [-0.4, -0.2) is 11.9 Å². The number of carbonyl (C=O) groups is 1. The minimum absolute atomic E-state index is 0. The van der Waals surface area contributed by atoms with Crippen molar-refractivity contribution in [1.29, 1.82) is 0 Å². The quantitative estimate of drug-likeness (QED) is 0.450. The first-order valence-corrected chi connectivity index (χ1v) is 8.90. The van der Waals surface area contributed by atoms with E-state index in [4.69, 9.17) is 5.73 Å². The molecule has 0 heterocycles. The van der Waals surface area contributed by atoms with Gasteiger partial charge in [-0.25, -0.2) is 0 Å². The molecule has 0 saturated heterocycles. The maximum Gasteiger partial charge on any atom is 0.256 e. The number of aryl methyl sites for hydroxylation is 1. The number of hydrogen-bond acceptors (Lipinski definition) is 1. The van der Waals surface area contributed by atoms with E-state index in [1.165, 1.54) is 16.7 Å². The monoisotopic (exact) mass is 568 g/mol. The molecule has 0 aliphatic heterocycles. The molecular weight excluding hydrogens is 547 g/mol. The van der Waals surface area contributed by atoms with Crippen LogP contribution in [0.4, 0.5) is 5.69 Å². The molecule has 1 radical (unpaired) electrons. The van der Waals surface area contributed by atoms with Crippen LogP contribution >= 0.6 is 0 Å². The molecule has 1 aliphatic rings. The van der Waals surface area contributed by atoms with Crippen molar-refractivity contribution in [1.82, 2.24) is 0 Å². The van der Waals surface area contributed by atoms with Crippen LogP contribution < -0.4 is 5.32 Å². The second kappa shape index (κ2) is 8.69. The average Bonchev–Trinajstić information content (AvgIpc) is 3.01. The largest absolute Gasteiger partial charge is 0.674 e. The number of nitrogens with one attached hydrogen (secondary N) is 2. The van der Waals surface area contributed by atoms with Gasteiger partial charge in [-0.3, -0.25) is 4.79 Å². The van der Waals surface area contributed by atoms with Gasteiger partial charge in [-0.05, 0) is 60.2 Å². The van der Waals surface area contributed by atoms with Crippen molar-refractivity contribution >= 4 is 11.6 Å². The molecule has 27 heavy (non-hydrogen) atoms. The van der Waals surface area contributed by atoms with E-state index in [1.54, 1.807) is 0 Å². The Hall–Kier alpha value is -1.47. The van der Waals surface area contributed by atoms with Gasteiger partial charge in [-0.2, -0.15) is 0 Å². The van der Waals surface area contributed by atoms with Gasteiger partial charge in [0.15, 0.2) is 0 Å². The molecule has 3 aromatic rings. The molecule has 0 spiro atoms. The van der Waals surface area contributed by atoms with Gasteiger partial charge in [0.05, 0.1) is 0 Å². The van der Waals surface area contributed by atoms with Gasteiger partial charge in [0.2, 0.25) is 0 Å². The van der Waals surface area contributed by atoms with Gasteiger partial charge in [-0.1, -0.05) is 54.1 Å². The molecule has 4 rings (SSSR count). The molecule has 1 amide bonds. The molecule has 133 valence electrons. The molecule has 3 aromatic carbocycles. The molecule has 0 saturated carbocycles. The number of hydrogen-bond donors (Lipinski definition) is 1. The van der Waals surface area contributed by atoms with E-state index in [1.807, 2.05) is 54.6 Å². The smallest absolute Gasteiger partial charge is 0.256 e. The van der Waals surface area contributed by atoms with Crippen molar-refractivity contribution in [2.24, 2.45) is 0 Å². The first-order valence-electron chi connectivity index (χ1n) is 8.90. The van der Waals surface area contributed by atoms with Gasteiger partial charge in [0.1, 0.15) is 0 Å². The standard InChI is InChI=1S/C23H21N2O.Ac/c1-15-6-8-16(9-7-15)21-4-2-3-5-22(21)23(26)25-20-11-10-17-12-19(24)13-18(17)14-20;/h2-11,14,19,24H,12-13H2,1H3,(H,25,26);/q-1;. The van der Waals surface area contributed by atoms with Crippen LogP contribution in [0.25, 0.3) is 16.9 Å². The van der Waals surface area contributed by atoms with Crippen LogP contribution in [0.5, 0.6) is 0 Å². The summed E-state index contributed by atoms with van der Waals surface area (Å²) in [5.74, 6) is -0.110. The Labute approximate surface area is 195 Å². The summed E-state index contributed by atoms with van der Waals surface area (Å²) in [6.07, 6.45) is 1.57. The van der Waals surface area contributed by atoms with Crippen molar-refractivity contribution in [2.75, 3.05) is 5.32 Å².